The van der Waals surface area contributed by atoms with Crippen molar-refractivity contribution in [2.24, 2.45) is 5.73 Å². The molecule has 0 aliphatic rings. The van der Waals surface area contributed by atoms with Crippen LogP contribution in [-0.2, 0) is 6.54 Å². The fourth-order valence-electron chi connectivity index (χ4n) is 1.50. The molecule has 84 valence electrons. The first kappa shape index (κ1) is 11.1. The van der Waals surface area contributed by atoms with Crippen LogP contribution in [0, 0.1) is 12.7 Å². The van der Waals surface area contributed by atoms with Crippen molar-refractivity contribution in [3.05, 3.63) is 46.5 Å². The molecule has 0 saturated heterocycles. The third kappa shape index (κ3) is 1.94. The summed E-state index contributed by atoms with van der Waals surface area (Å²) >= 11 is 5.92. The first-order valence-corrected chi connectivity index (χ1v) is 5.20. The number of aromatic nitrogens is 2. The van der Waals surface area contributed by atoms with Crippen molar-refractivity contribution in [3.63, 3.8) is 0 Å². The van der Waals surface area contributed by atoms with Crippen LogP contribution in [0.3, 0.4) is 0 Å². The molecule has 1 heterocycles. The highest BCUT2D eigenvalue weighted by atomic mass is 35.5. The van der Waals surface area contributed by atoms with Crippen LogP contribution < -0.4 is 5.73 Å². The molecule has 0 spiro atoms. The van der Waals surface area contributed by atoms with Crippen molar-refractivity contribution in [1.29, 1.82) is 0 Å². The average Bonchev–Trinajstić information content (AvgIpc) is 2.59. The zero-order chi connectivity index (χ0) is 11.7. The lowest BCUT2D eigenvalue weighted by Crippen LogP contribution is -2.05. The van der Waals surface area contributed by atoms with E-state index in [0.717, 1.165) is 11.4 Å². The topological polar surface area (TPSA) is 43.8 Å². The van der Waals surface area contributed by atoms with E-state index in [1.807, 2.05) is 6.92 Å². The molecule has 1 aromatic heterocycles. The lowest BCUT2D eigenvalue weighted by atomic mass is 10.2. The summed E-state index contributed by atoms with van der Waals surface area (Å²) in [7, 11) is 0. The number of rotatable bonds is 2. The maximum Gasteiger partial charge on any atom is 0.123 e. The molecule has 0 amide bonds. The number of nitrogens with zero attached hydrogens (tertiary/aromatic N) is 2. The predicted octanol–water partition coefficient (Wildman–Crippen LogP) is 2.43. The number of nitrogens with two attached hydrogens (primary N) is 1. The Bertz CT molecular complexity index is 502. The molecule has 0 saturated carbocycles. The molecule has 5 heteroatoms. The van der Waals surface area contributed by atoms with Gasteiger partial charge >= 0.3 is 0 Å². The van der Waals surface area contributed by atoms with E-state index in [4.69, 9.17) is 17.3 Å². The van der Waals surface area contributed by atoms with E-state index in [0.29, 0.717) is 10.6 Å². The van der Waals surface area contributed by atoms with Gasteiger partial charge in [0.05, 0.1) is 16.4 Å². The summed E-state index contributed by atoms with van der Waals surface area (Å²) in [4.78, 5) is 0. The molecular weight excluding hydrogens is 229 g/mol. The van der Waals surface area contributed by atoms with Crippen molar-refractivity contribution in [1.82, 2.24) is 9.78 Å². The average molecular weight is 240 g/mol. The Kier molecular flexibility index (Phi) is 2.94. The largest absolute Gasteiger partial charge is 0.326 e. The molecule has 2 rings (SSSR count). The zero-order valence-corrected chi connectivity index (χ0v) is 9.50. The third-order valence-electron chi connectivity index (χ3n) is 2.35. The van der Waals surface area contributed by atoms with E-state index in [1.165, 1.54) is 12.1 Å². The van der Waals surface area contributed by atoms with Gasteiger partial charge < -0.3 is 5.73 Å². The molecule has 0 bridgehead atoms. The van der Waals surface area contributed by atoms with E-state index in [1.54, 1.807) is 16.9 Å². The minimum absolute atomic E-state index is 0.254. The van der Waals surface area contributed by atoms with Crippen LogP contribution in [0.2, 0.25) is 5.02 Å². The highest BCUT2D eigenvalue weighted by Crippen LogP contribution is 2.19. The lowest BCUT2D eigenvalue weighted by molar-refractivity contribution is 0.624. The second-order valence-electron chi connectivity index (χ2n) is 3.48. The number of halogens is 2. The number of hydrogen-bond acceptors (Lipinski definition) is 2. The quantitative estimate of drug-likeness (QED) is 0.875. The van der Waals surface area contributed by atoms with Crippen LogP contribution in [0.5, 0.6) is 0 Å². The highest BCUT2D eigenvalue weighted by molar-refractivity contribution is 6.31. The molecule has 0 fully saturated rings. The Morgan fingerprint density at radius 3 is 2.81 bits per heavy atom. The van der Waals surface area contributed by atoms with Crippen molar-refractivity contribution < 1.29 is 4.39 Å². The van der Waals surface area contributed by atoms with Gasteiger partial charge in [-0.2, -0.15) is 5.10 Å². The maximum atomic E-state index is 13.0. The number of aryl methyl sites for hydroxylation is 1. The zero-order valence-electron chi connectivity index (χ0n) is 8.74. The molecule has 2 N–H and O–H groups in total. The van der Waals surface area contributed by atoms with E-state index in [-0.39, 0.29) is 12.4 Å². The molecule has 0 radical (unpaired) electrons. The summed E-state index contributed by atoms with van der Waals surface area (Å²) in [5.74, 6) is -0.306. The van der Waals surface area contributed by atoms with E-state index >= 15 is 0 Å². The van der Waals surface area contributed by atoms with Crippen LogP contribution in [0.15, 0.2) is 24.4 Å². The first-order valence-electron chi connectivity index (χ1n) is 4.82. The SMILES string of the molecule is Cc1nn(-c2ccc(F)cc2CN)cc1Cl. The minimum atomic E-state index is -0.306. The summed E-state index contributed by atoms with van der Waals surface area (Å²) < 4.78 is 14.6. The van der Waals surface area contributed by atoms with Crippen LogP contribution in [0.1, 0.15) is 11.3 Å². The van der Waals surface area contributed by atoms with Crippen molar-refractivity contribution in [2.45, 2.75) is 13.5 Å². The molecule has 0 unspecified atom stereocenters. The number of benzene rings is 1. The Morgan fingerprint density at radius 1 is 1.50 bits per heavy atom. The highest BCUT2D eigenvalue weighted by Gasteiger charge is 2.08. The van der Waals surface area contributed by atoms with Crippen molar-refractivity contribution in [3.8, 4) is 5.69 Å². The Hall–Kier alpha value is -1.39. The smallest absolute Gasteiger partial charge is 0.123 e. The van der Waals surface area contributed by atoms with Crippen LogP contribution in [-0.4, -0.2) is 9.78 Å². The molecule has 0 aliphatic carbocycles. The van der Waals surface area contributed by atoms with E-state index in [2.05, 4.69) is 5.10 Å². The van der Waals surface area contributed by atoms with Gasteiger partial charge in [0.25, 0.3) is 0 Å². The van der Waals surface area contributed by atoms with Crippen molar-refractivity contribution in [2.75, 3.05) is 0 Å². The predicted molar refractivity (Wildman–Crippen MR) is 61.2 cm³/mol. The summed E-state index contributed by atoms with van der Waals surface area (Å²) in [5.41, 5.74) is 7.73. The Labute approximate surface area is 97.6 Å². The van der Waals surface area contributed by atoms with Gasteiger partial charge in [-0.05, 0) is 30.7 Å². The first-order chi connectivity index (χ1) is 7.61. The van der Waals surface area contributed by atoms with Crippen LogP contribution >= 0.6 is 11.6 Å². The van der Waals surface area contributed by atoms with E-state index in [9.17, 15) is 4.39 Å². The molecule has 0 aliphatic heterocycles. The minimum Gasteiger partial charge on any atom is -0.326 e. The summed E-state index contributed by atoms with van der Waals surface area (Å²) in [5, 5.41) is 4.80. The lowest BCUT2D eigenvalue weighted by Gasteiger charge is -2.07. The second-order valence-corrected chi connectivity index (χ2v) is 3.89. The van der Waals surface area contributed by atoms with Gasteiger partial charge in [0.2, 0.25) is 0 Å². The molecule has 1 aromatic carbocycles. The fraction of sp³-hybridized carbons (Fsp3) is 0.182. The van der Waals surface area contributed by atoms with Gasteiger partial charge in [0, 0.05) is 12.7 Å². The molecular formula is C11H11ClFN3. The van der Waals surface area contributed by atoms with Crippen LogP contribution in [0.4, 0.5) is 4.39 Å². The molecule has 3 nitrogen and oxygen atoms in total. The third-order valence-corrected chi connectivity index (χ3v) is 2.72. The second kappa shape index (κ2) is 4.23. The molecule has 16 heavy (non-hydrogen) atoms. The molecule has 0 atom stereocenters. The fourth-order valence-corrected chi connectivity index (χ4v) is 1.63. The van der Waals surface area contributed by atoms with Gasteiger partial charge in [0.15, 0.2) is 0 Å². The summed E-state index contributed by atoms with van der Waals surface area (Å²) in [6, 6.07) is 4.42. The summed E-state index contributed by atoms with van der Waals surface area (Å²) in [6.07, 6.45) is 1.68. The Morgan fingerprint density at radius 2 is 2.25 bits per heavy atom. The summed E-state index contributed by atoms with van der Waals surface area (Å²) in [6.45, 7) is 2.06. The Balaban J connectivity index is 2.55. The van der Waals surface area contributed by atoms with Gasteiger partial charge in [0.1, 0.15) is 5.82 Å². The normalized spacial score (nSPS) is 10.8. The van der Waals surface area contributed by atoms with Crippen molar-refractivity contribution >= 4 is 11.6 Å². The molecule has 2 aromatic rings. The van der Waals surface area contributed by atoms with Gasteiger partial charge in [-0.1, -0.05) is 11.6 Å². The van der Waals surface area contributed by atoms with E-state index < -0.39 is 0 Å². The monoisotopic (exact) mass is 239 g/mol. The van der Waals surface area contributed by atoms with Gasteiger partial charge in [-0.3, -0.25) is 0 Å². The standard InChI is InChI=1S/C11H11ClFN3/c1-7-10(12)6-16(15-7)11-3-2-9(13)4-8(11)5-14/h2-4,6H,5,14H2,1H3. The maximum absolute atomic E-state index is 13.0. The van der Waals surface area contributed by atoms with Gasteiger partial charge in [-0.15, -0.1) is 0 Å². The van der Waals surface area contributed by atoms with Crippen LogP contribution in [0.25, 0.3) is 5.69 Å². The van der Waals surface area contributed by atoms with Gasteiger partial charge in [-0.25, -0.2) is 9.07 Å². The number of hydrogen-bond donors (Lipinski definition) is 1.